The van der Waals surface area contributed by atoms with Crippen molar-refractivity contribution in [3.05, 3.63) is 35.4 Å². The van der Waals surface area contributed by atoms with E-state index in [2.05, 4.69) is 58.3 Å². The molecule has 3 atom stereocenters. The molecule has 0 unspecified atom stereocenters. The van der Waals surface area contributed by atoms with Gasteiger partial charge in [0, 0.05) is 51.9 Å². The number of hydrogen-bond donors (Lipinski definition) is 1. The summed E-state index contributed by atoms with van der Waals surface area (Å²) in [7, 11) is 2.18. The maximum Gasteiger partial charge on any atom is 0.224 e. The molecule has 4 rings (SSSR count). The molecule has 2 saturated heterocycles. The van der Waals surface area contributed by atoms with Gasteiger partial charge in [-0.05, 0) is 63.2 Å². The number of fused-ring (bicyclic) bond motifs is 1. The van der Waals surface area contributed by atoms with Crippen LogP contribution in [-0.4, -0.2) is 86.1 Å². The maximum atomic E-state index is 12.8. The fourth-order valence-corrected chi connectivity index (χ4v) is 5.39. The van der Waals surface area contributed by atoms with Crippen molar-refractivity contribution in [1.82, 2.24) is 20.0 Å². The molecule has 2 aliphatic heterocycles. The monoisotopic (exact) mass is 398 g/mol. The van der Waals surface area contributed by atoms with E-state index < -0.39 is 0 Å². The minimum Gasteiger partial charge on any atom is -0.352 e. The average molecular weight is 399 g/mol. The normalized spacial score (nSPS) is 27.5. The molecule has 1 N–H and O–H groups in total. The number of carbonyl (C=O) groups is 1. The largest absolute Gasteiger partial charge is 0.352 e. The molecule has 160 valence electrons. The second-order valence-corrected chi connectivity index (χ2v) is 9.55. The Morgan fingerprint density at radius 1 is 1.10 bits per heavy atom. The van der Waals surface area contributed by atoms with Crippen LogP contribution in [0, 0.1) is 5.92 Å². The zero-order chi connectivity index (χ0) is 20.2. The molecule has 1 aliphatic carbocycles. The quantitative estimate of drug-likeness (QED) is 0.797. The molecule has 1 amide bonds. The molecule has 0 aromatic heterocycles. The van der Waals surface area contributed by atoms with E-state index in [0.717, 1.165) is 58.8 Å². The van der Waals surface area contributed by atoms with Crippen LogP contribution in [0.4, 0.5) is 0 Å². The smallest absolute Gasteiger partial charge is 0.224 e. The van der Waals surface area contributed by atoms with Crippen LogP contribution in [0.3, 0.4) is 0 Å². The van der Waals surface area contributed by atoms with Gasteiger partial charge in [0.15, 0.2) is 0 Å². The number of likely N-dealkylation sites (tertiary alicyclic amines) is 1. The number of likely N-dealkylation sites (N-methyl/N-ethyl adjacent to an activating group) is 1. The molecule has 0 saturated carbocycles. The Morgan fingerprint density at radius 2 is 1.90 bits per heavy atom. The van der Waals surface area contributed by atoms with Gasteiger partial charge in [0.25, 0.3) is 0 Å². The van der Waals surface area contributed by atoms with Gasteiger partial charge in [0.05, 0.1) is 5.92 Å². The van der Waals surface area contributed by atoms with Crippen molar-refractivity contribution in [1.29, 1.82) is 0 Å². The summed E-state index contributed by atoms with van der Waals surface area (Å²) >= 11 is 0. The number of carbonyl (C=O) groups excluding carboxylic acids is 1. The Bertz CT molecular complexity index is 685. The predicted octanol–water partition coefficient (Wildman–Crippen LogP) is 2.18. The molecule has 0 spiro atoms. The lowest BCUT2D eigenvalue weighted by Gasteiger charge is -2.34. The Balaban J connectivity index is 1.23. The highest BCUT2D eigenvalue weighted by atomic mass is 16.2. The predicted molar refractivity (Wildman–Crippen MR) is 118 cm³/mol. The van der Waals surface area contributed by atoms with Crippen molar-refractivity contribution in [2.45, 2.75) is 44.6 Å². The molecular weight excluding hydrogens is 360 g/mol. The number of hydrogen-bond acceptors (Lipinski definition) is 4. The van der Waals surface area contributed by atoms with Crippen molar-refractivity contribution >= 4 is 5.91 Å². The minimum atomic E-state index is 0.156. The molecule has 5 nitrogen and oxygen atoms in total. The zero-order valence-corrected chi connectivity index (χ0v) is 18.3. The summed E-state index contributed by atoms with van der Waals surface area (Å²) in [5.74, 6) is 1.06. The van der Waals surface area contributed by atoms with Crippen LogP contribution in [0.5, 0.6) is 0 Å². The lowest BCUT2D eigenvalue weighted by atomic mass is 9.82. The van der Waals surface area contributed by atoms with Gasteiger partial charge < -0.3 is 15.1 Å². The first-order chi connectivity index (χ1) is 14.1. The average Bonchev–Trinajstić information content (AvgIpc) is 3.19. The lowest BCUT2D eigenvalue weighted by molar-refractivity contribution is -0.125. The summed E-state index contributed by atoms with van der Waals surface area (Å²) in [5, 5.41) is 3.30. The Kier molecular flexibility index (Phi) is 6.88. The first-order valence-electron chi connectivity index (χ1n) is 11.6. The summed E-state index contributed by atoms with van der Waals surface area (Å²) in [6.07, 6.45) is 4.81. The molecule has 2 heterocycles. The van der Waals surface area contributed by atoms with Gasteiger partial charge in [-0.25, -0.2) is 0 Å². The van der Waals surface area contributed by atoms with Crippen molar-refractivity contribution in [2.24, 2.45) is 5.92 Å². The number of piperazine rings is 1. The van der Waals surface area contributed by atoms with E-state index in [1.807, 2.05) is 0 Å². The topological polar surface area (TPSA) is 38.8 Å². The molecule has 5 heteroatoms. The third kappa shape index (κ3) is 5.39. The fourth-order valence-electron chi connectivity index (χ4n) is 5.39. The van der Waals surface area contributed by atoms with E-state index in [1.165, 1.54) is 24.8 Å². The van der Waals surface area contributed by atoms with Crippen LogP contribution < -0.4 is 5.32 Å². The van der Waals surface area contributed by atoms with Crippen LogP contribution in [0.25, 0.3) is 0 Å². The summed E-state index contributed by atoms with van der Waals surface area (Å²) in [4.78, 5) is 20.2. The van der Waals surface area contributed by atoms with E-state index in [4.69, 9.17) is 0 Å². The van der Waals surface area contributed by atoms with Crippen molar-refractivity contribution in [3.63, 3.8) is 0 Å². The molecular formula is C24H38N4O. The first-order valence-corrected chi connectivity index (χ1v) is 11.6. The third-order valence-electron chi connectivity index (χ3n) is 7.13. The van der Waals surface area contributed by atoms with Crippen LogP contribution in [0.2, 0.25) is 0 Å². The van der Waals surface area contributed by atoms with Crippen LogP contribution in [0.15, 0.2) is 24.3 Å². The number of aryl methyl sites for hydroxylation is 1. The molecule has 0 radical (unpaired) electrons. The third-order valence-corrected chi connectivity index (χ3v) is 7.13. The zero-order valence-electron chi connectivity index (χ0n) is 18.3. The second kappa shape index (κ2) is 9.59. The van der Waals surface area contributed by atoms with E-state index in [0.29, 0.717) is 5.92 Å². The van der Waals surface area contributed by atoms with Gasteiger partial charge >= 0.3 is 0 Å². The highest BCUT2D eigenvalue weighted by Gasteiger charge is 2.31. The summed E-state index contributed by atoms with van der Waals surface area (Å²) < 4.78 is 0. The van der Waals surface area contributed by atoms with E-state index >= 15 is 0 Å². The number of rotatable bonds is 6. The number of nitrogens with one attached hydrogen (secondary N) is 1. The van der Waals surface area contributed by atoms with Crippen molar-refractivity contribution in [3.8, 4) is 0 Å². The highest BCUT2D eigenvalue weighted by Crippen LogP contribution is 2.33. The molecule has 1 aromatic carbocycles. The lowest BCUT2D eigenvalue weighted by Crippen LogP contribution is -2.50. The van der Waals surface area contributed by atoms with Gasteiger partial charge in [-0.1, -0.05) is 24.3 Å². The van der Waals surface area contributed by atoms with Crippen molar-refractivity contribution in [2.75, 3.05) is 59.4 Å². The Hall–Kier alpha value is -1.43. The van der Waals surface area contributed by atoms with E-state index in [1.54, 1.807) is 5.56 Å². The Labute approximate surface area is 176 Å². The molecule has 3 aliphatic rings. The van der Waals surface area contributed by atoms with Gasteiger partial charge in [0.2, 0.25) is 5.91 Å². The minimum absolute atomic E-state index is 0.156. The number of benzene rings is 1. The van der Waals surface area contributed by atoms with Gasteiger partial charge in [-0.3, -0.25) is 9.69 Å². The molecule has 29 heavy (non-hydrogen) atoms. The first kappa shape index (κ1) is 20.8. The van der Waals surface area contributed by atoms with Gasteiger partial charge in [-0.15, -0.1) is 0 Å². The highest BCUT2D eigenvalue weighted by molar-refractivity contribution is 5.79. The van der Waals surface area contributed by atoms with E-state index in [-0.39, 0.29) is 17.9 Å². The number of nitrogens with zero attached hydrogens (tertiary/aromatic N) is 3. The summed E-state index contributed by atoms with van der Waals surface area (Å²) in [6, 6.07) is 9.19. The van der Waals surface area contributed by atoms with Crippen molar-refractivity contribution < 1.29 is 4.79 Å². The summed E-state index contributed by atoms with van der Waals surface area (Å²) in [6.45, 7) is 10.7. The number of amides is 1. The van der Waals surface area contributed by atoms with E-state index in [9.17, 15) is 4.79 Å². The van der Waals surface area contributed by atoms with Gasteiger partial charge in [0.1, 0.15) is 0 Å². The van der Waals surface area contributed by atoms with Crippen LogP contribution >= 0.6 is 0 Å². The Morgan fingerprint density at radius 3 is 2.72 bits per heavy atom. The maximum absolute atomic E-state index is 12.8. The fraction of sp³-hybridized carbons (Fsp3) is 0.708. The van der Waals surface area contributed by atoms with Crippen LogP contribution in [-0.2, 0) is 11.2 Å². The molecule has 2 fully saturated rings. The summed E-state index contributed by atoms with van der Waals surface area (Å²) in [5.41, 5.74) is 3.09. The standard InChI is InChI=1S/C24H38N4O/c1-19(16-27-14-12-26(2)13-15-27)25-24(29)22-10-11-28(18-22)17-21-8-5-7-20-6-3-4-9-23(20)21/h3-4,6,9,19,21-22H,5,7-8,10-18H2,1-2H3,(H,25,29)/t19-,21-,22+/m1/s1. The molecule has 1 aromatic rings. The van der Waals surface area contributed by atoms with Crippen LogP contribution in [0.1, 0.15) is 43.2 Å². The second-order valence-electron chi connectivity index (χ2n) is 9.55. The SMILES string of the molecule is C[C@H](CN1CCN(C)CC1)NC(=O)[C@H]1CCN(C[C@H]2CCCc3ccccc32)C1. The van der Waals surface area contributed by atoms with Gasteiger partial charge in [-0.2, -0.15) is 0 Å². The molecule has 0 bridgehead atoms.